The van der Waals surface area contributed by atoms with Gasteiger partial charge in [-0.3, -0.25) is 0 Å². The summed E-state index contributed by atoms with van der Waals surface area (Å²) in [5.41, 5.74) is 0. The van der Waals surface area contributed by atoms with E-state index in [-0.39, 0.29) is 11.9 Å². The molecule has 2 nitrogen and oxygen atoms in total. The number of alkyl halides is 5. The van der Waals surface area contributed by atoms with Gasteiger partial charge in [0.05, 0.1) is 0 Å². The van der Waals surface area contributed by atoms with Crippen molar-refractivity contribution in [1.82, 2.24) is 0 Å². The van der Waals surface area contributed by atoms with E-state index in [1.165, 1.54) is 0 Å². The summed E-state index contributed by atoms with van der Waals surface area (Å²) in [5.74, 6) is -1.90. The summed E-state index contributed by atoms with van der Waals surface area (Å²) < 4.78 is 50.2. The Balaban J connectivity index is 3.94. The Morgan fingerprint density at radius 3 is 2.33 bits per heavy atom. The predicted octanol–water partition coefficient (Wildman–Crippen LogP) is 1.82. The molecule has 0 aromatic rings. The van der Waals surface area contributed by atoms with E-state index in [9.17, 15) is 22.4 Å². The number of rotatable bonds is 3. The van der Waals surface area contributed by atoms with Gasteiger partial charge < -0.3 is 4.74 Å². The van der Waals surface area contributed by atoms with Gasteiger partial charge in [0.15, 0.2) is 0 Å². The third kappa shape index (κ3) is 3.89. The molecule has 0 saturated carbocycles. The van der Waals surface area contributed by atoms with Gasteiger partial charge in [0.25, 0.3) is 6.17 Å². The van der Waals surface area contributed by atoms with Crippen LogP contribution < -0.4 is 0 Å². The second-order valence-corrected chi connectivity index (χ2v) is 2.55. The quantitative estimate of drug-likeness (QED) is 0.435. The average Bonchev–Trinajstić information content (AvgIpc) is 1.97. The Morgan fingerprint density at radius 1 is 1.50 bits per heavy atom. The SMILES string of the molecule is O=C(OCCBr)C(F)C(F)(F)F. The van der Waals surface area contributed by atoms with Gasteiger partial charge >= 0.3 is 12.1 Å². The normalized spacial score (nSPS) is 14.1. The molecule has 0 aromatic heterocycles. The molecule has 7 heteroatoms. The van der Waals surface area contributed by atoms with E-state index in [1.807, 2.05) is 0 Å². The highest BCUT2D eigenvalue weighted by atomic mass is 79.9. The van der Waals surface area contributed by atoms with Crippen molar-refractivity contribution in [3.05, 3.63) is 0 Å². The zero-order valence-corrected chi connectivity index (χ0v) is 7.28. The van der Waals surface area contributed by atoms with Gasteiger partial charge in [-0.2, -0.15) is 13.2 Å². The maximum atomic E-state index is 12.0. The van der Waals surface area contributed by atoms with Crippen LogP contribution in [0.5, 0.6) is 0 Å². The van der Waals surface area contributed by atoms with Crippen LogP contribution in [0.15, 0.2) is 0 Å². The first-order chi connectivity index (χ1) is 5.39. The minimum atomic E-state index is -5.18. The number of halogens is 5. The smallest absolute Gasteiger partial charge is 0.430 e. The molecule has 0 amide bonds. The van der Waals surface area contributed by atoms with Crippen LogP contribution in [-0.2, 0) is 9.53 Å². The van der Waals surface area contributed by atoms with Gasteiger partial charge in [-0.05, 0) is 0 Å². The molecule has 0 aliphatic rings. The molecule has 0 aliphatic carbocycles. The molecular weight excluding hydrogens is 248 g/mol. The Bertz CT molecular complexity index is 158. The number of carbonyl (C=O) groups is 1. The van der Waals surface area contributed by atoms with Crippen LogP contribution in [0.4, 0.5) is 17.6 Å². The highest BCUT2D eigenvalue weighted by molar-refractivity contribution is 9.09. The fourth-order valence-corrected chi connectivity index (χ4v) is 0.508. The summed E-state index contributed by atoms with van der Waals surface area (Å²) in [4.78, 5) is 10.2. The molecule has 0 radical (unpaired) electrons. The molecule has 0 rings (SSSR count). The van der Waals surface area contributed by atoms with Crippen molar-refractivity contribution in [2.24, 2.45) is 0 Å². The minimum Gasteiger partial charge on any atom is -0.462 e. The van der Waals surface area contributed by atoms with E-state index >= 15 is 0 Å². The molecule has 0 aromatic carbocycles. The van der Waals surface area contributed by atoms with E-state index in [2.05, 4.69) is 20.7 Å². The summed E-state index contributed by atoms with van der Waals surface area (Å²) in [5, 5.41) is 0.170. The van der Waals surface area contributed by atoms with Gasteiger partial charge in [-0.1, -0.05) is 15.9 Å². The molecule has 0 bridgehead atoms. The monoisotopic (exact) mass is 252 g/mol. The number of esters is 1. The highest BCUT2D eigenvalue weighted by Gasteiger charge is 2.46. The summed E-state index contributed by atoms with van der Waals surface area (Å²) in [7, 11) is 0. The first kappa shape index (κ1) is 11.7. The summed E-state index contributed by atoms with van der Waals surface area (Å²) in [6.45, 7) is -0.282. The van der Waals surface area contributed by atoms with Crippen LogP contribution >= 0.6 is 15.9 Å². The Kier molecular flexibility index (Phi) is 4.51. The lowest BCUT2D eigenvalue weighted by Crippen LogP contribution is -2.34. The molecule has 0 N–H and O–H groups in total. The molecule has 1 unspecified atom stereocenters. The van der Waals surface area contributed by atoms with E-state index in [0.717, 1.165) is 0 Å². The van der Waals surface area contributed by atoms with E-state index in [0.29, 0.717) is 0 Å². The van der Waals surface area contributed by atoms with Crippen LogP contribution in [-0.4, -0.2) is 30.3 Å². The second-order valence-electron chi connectivity index (χ2n) is 1.76. The fraction of sp³-hybridized carbons (Fsp3) is 0.800. The number of ether oxygens (including phenoxy) is 1. The number of carbonyl (C=O) groups excluding carboxylic acids is 1. The lowest BCUT2D eigenvalue weighted by molar-refractivity contribution is -0.200. The van der Waals surface area contributed by atoms with Gasteiger partial charge in [0.2, 0.25) is 0 Å². The van der Waals surface area contributed by atoms with Crippen LogP contribution in [0.2, 0.25) is 0 Å². The zero-order chi connectivity index (χ0) is 9.78. The molecule has 0 fully saturated rings. The van der Waals surface area contributed by atoms with Gasteiger partial charge in [0.1, 0.15) is 6.61 Å². The summed E-state index contributed by atoms with van der Waals surface area (Å²) in [6.07, 6.45) is -8.72. The Labute approximate surface area is 74.0 Å². The van der Waals surface area contributed by atoms with Crippen molar-refractivity contribution in [2.45, 2.75) is 12.3 Å². The molecule has 12 heavy (non-hydrogen) atoms. The summed E-state index contributed by atoms with van der Waals surface area (Å²) >= 11 is 2.80. The van der Waals surface area contributed by atoms with Crippen LogP contribution in [0, 0.1) is 0 Å². The first-order valence-corrected chi connectivity index (χ1v) is 3.95. The zero-order valence-electron chi connectivity index (χ0n) is 5.70. The molecule has 1 atom stereocenters. The van der Waals surface area contributed by atoms with Crippen molar-refractivity contribution in [1.29, 1.82) is 0 Å². The lowest BCUT2D eigenvalue weighted by atomic mass is 10.4. The molecule has 0 saturated heterocycles. The maximum absolute atomic E-state index is 12.0. The van der Waals surface area contributed by atoms with Crippen molar-refractivity contribution >= 4 is 21.9 Å². The van der Waals surface area contributed by atoms with Crippen molar-refractivity contribution in [2.75, 3.05) is 11.9 Å². The van der Waals surface area contributed by atoms with E-state index in [1.54, 1.807) is 0 Å². The lowest BCUT2D eigenvalue weighted by Gasteiger charge is -2.10. The Morgan fingerprint density at radius 2 is 2.00 bits per heavy atom. The highest BCUT2D eigenvalue weighted by Crippen LogP contribution is 2.23. The van der Waals surface area contributed by atoms with E-state index < -0.39 is 18.3 Å². The standard InChI is InChI=1S/C5H5BrF4O2/c6-1-2-12-4(11)3(7)5(8,9)10/h3H,1-2H2. The molecule has 0 heterocycles. The van der Waals surface area contributed by atoms with Gasteiger partial charge in [-0.25, -0.2) is 9.18 Å². The third-order valence-electron chi connectivity index (χ3n) is 0.816. The number of hydrogen-bond acceptors (Lipinski definition) is 2. The van der Waals surface area contributed by atoms with Gasteiger partial charge in [-0.15, -0.1) is 0 Å². The number of hydrogen-bond donors (Lipinski definition) is 0. The topological polar surface area (TPSA) is 26.3 Å². The summed E-state index contributed by atoms with van der Waals surface area (Å²) in [6, 6.07) is 0. The van der Waals surface area contributed by atoms with Crippen molar-refractivity contribution < 1.29 is 27.1 Å². The third-order valence-corrected chi connectivity index (χ3v) is 1.14. The largest absolute Gasteiger partial charge is 0.462 e. The molecule has 72 valence electrons. The van der Waals surface area contributed by atoms with Crippen LogP contribution in [0.3, 0.4) is 0 Å². The first-order valence-electron chi connectivity index (χ1n) is 2.83. The van der Waals surface area contributed by atoms with Crippen LogP contribution in [0.1, 0.15) is 0 Å². The van der Waals surface area contributed by atoms with Crippen molar-refractivity contribution in [3.63, 3.8) is 0 Å². The maximum Gasteiger partial charge on any atom is 0.430 e. The average molecular weight is 253 g/mol. The molecule has 0 spiro atoms. The predicted molar refractivity (Wildman–Crippen MR) is 35.7 cm³/mol. The second kappa shape index (κ2) is 4.64. The molecular formula is C5H5BrF4O2. The van der Waals surface area contributed by atoms with Crippen molar-refractivity contribution in [3.8, 4) is 0 Å². The molecule has 0 aliphatic heterocycles. The Hall–Kier alpha value is -0.330. The van der Waals surface area contributed by atoms with Gasteiger partial charge in [0, 0.05) is 5.33 Å². The van der Waals surface area contributed by atoms with E-state index in [4.69, 9.17) is 0 Å². The minimum absolute atomic E-state index is 0.170. The fourth-order valence-electron chi connectivity index (χ4n) is 0.346. The van der Waals surface area contributed by atoms with Crippen LogP contribution in [0.25, 0.3) is 0 Å².